The SMILES string of the molecule is C[N+]#Cc1cn[nH]c1. The first kappa shape index (κ1) is 4.85. The largest absolute Gasteiger partial charge is 0.313 e. The molecule has 0 radical (unpaired) electrons. The summed E-state index contributed by atoms with van der Waals surface area (Å²) in [6, 6.07) is 2.72. The number of nitrogens with zero attached hydrogens (tertiary/aromatic N) is 2. The Balaban J connectivity index is 2.88. The smallest absolute Gasteiger partial charge is 0.284 e. The van der Waals surface area contributed by atoms with E-state index in [0.29, 0.717) is 0 Å². The van der Waals surface area contributed by atoms with Crippen molar-refractivity contribution in [2.75, 3.05) is 7.05 Å². The Morgan fingerprint density at radius 3 is 3.25 bits per heavy atom. The fraction of sp³-hybridized carbons (Fsp3) is 0.200. The van der Waals surface area contributed by atoms with Crippen LogP contribution in [0.5, 0.6) is 0 Å². The molecule has 0 saturated carbocycles. The van der Waals surface area contributed by atoms with E-state index >= 15 is 0 Å². The second-order valence-electron chi connectivity index (χ2n) is 1.32. The molecule has 0 saturated heterocycles. The summed E-state index contributed by atoms with van der Waals surface area (Å²) in [5.74, 6) is 0. The van der Waals surface area contributed by atoms with Gasteiger partial charge in [0, 0.05) is 6.20 Å². The van der Waals surface area contributed by atoms with Gasteiger partial charge in [0.1, 0.15) is 5.56 Å². The molecule has 0 aliphatic carbocycles. The lowest BCUT2D eigenvalue weighted by molar-refractivity contribution is 1.09. The van der Waals surface area contributed by atoms with E-state index in [1.54, 1.807) is 19.4 Å². The second kappa shape index (κ2) is 2.12. The zero-order valence-corrected chi connectivity index (χ0v) is 4.55. The molecule has 3 nitrogen and oxygen atoms in total. The second-order valence-corrected chi connectivity index (χ2v) is 1.32. The number of rotatable bonds is 0. The van der Waals surface area contributed by atoms with Crippen LogP contribution in [0.1, 0.15) is 5.56 Å². The summed E-state index contributed by atoms with van der Waals surface area (Å²) in [5, 5.41) is 6.34. The van der Waals surface area contributed by atoms with Crippen molar-refractivity contribution in [2.45, 2.75) is 0 Å². The average molecular weight is 108 g/mol. The summed E-state index contributed by atoms with van der Waals surface area (Å²) in [5.41, 5.74) is 0.882. The fourth-order valence-electron chi connectivity index (χ4n) is 0.441. The zero-order chi connectivity index (χ0) is 5.82. The van der Waals surface area contributed by atoms with E-state index in [4.69, 9.17) is 0 Å². The van der Waals surface area contributed by atoms with Crippen LogP contribution in [0, 0.1) is 6.07 Å². The van der Waals surface area contributed by atoms with E-state index in [2.05, 4.69) is 21.1 Å². The van der Waals surface area contributed by atoms with Crippen LogP contribution in [0.3, 0.4) is 0 Å². The summed E-state index contributed by atoms with van der Waals surface area (Å²) in [6.45, 7) is 0. The molecule has 3 heteroatoms. The van der Waals surface area contributed by atoms with Gasteiger partial charge in [0.2, 0.25) is 0 Å². The van der Waals surface area contributed by atoms with Gasteiger partial charge < -0.3 is 0 Å². The molecule has 0 aromatic carbocycles. The fourth-order valence-corrected chi connectivity index (χ4v) is 0.441. The van der Waals surface area contributed by atoms with E-state index in [1.807, 2.05) is 0 Å². The van der Waals surface area contributed by atoms with Crippen LogP contribution in [0.15, 0.2) is 12.4 Å². The summed E-state index contributed by atoms with van der Waals surface area (Å²) < 4.78 is 0. The number of nitrogens with one attached hydrogen (secondary N) is 1. The molecule has 1 rings (SSSR count). The Bertz CT molecular complexity index is 201. The molecule has 0 unspecified atom stereocenters. The molecule has 0 bridgehead atoms. The predicted molar refractivity (Wildman–Crippen MR) is 30.9 cm³/mol. The minimum absolute atomic E-state index is 0.882. The third kappa shape index (κ3) is 0.850. The molecule has 0 atom stereocenters. The lowest BCUT2D eigenvalue weighted by Gasteiger charge is -1.55. The van der Waals surface area contributed by atoms with Crippen LogP contribution in [-0.4, -0.2) is 17.2 Å². The summed E-state index contributed by atoms with van der Waals surface area (Å²) in [7, 11) is 1.67. The highest BCUT2D eigenvalue weighted by atomic mass is 15.1. The Hall–Kier alpha value is -1.30. The maximum Gasteiger partial charge on any atom is 0.313 e. The van der Waals surface area contributed by atoms with Crippen LogP contribution in [0.4, 0.5) is 0 Å². The Morgan fingerprint density at radius 1 is 1.88 bits per heavy atom. The van der Waals surface area contributed by atoms with Crippen LogP contribution in [0.2, 0.25) is 0 Å². The predicted octanol–water partition coefficient (Wildman–Crippen LogP) is 0.720. The van der Waals surface area contributed by atoms with Gasteiger partial charge in [-0.05, 0) is 0 Å². The molecule has 8 heavy (non-hydrogen) atoms. The summed E-state index contributed by atoms with van der Waals surface area (Å²) in [6.07, 6.45) is 3.39. The normalized spacial score (nSPS) is 7.62. The molecule has 1 N–H and O–H groups in total. The third-order valence-electron chi connectivity index (χ3n) is 0.739. The van der Waals surface area contributed by atoms with Crippen LogP contribution in [-0.2, 0) is 0 Å². The van der Waals surface area contributed by atoms with Gasteiger partial charge >= 0.3 is 6.07 Å². The lowest BCUT2D eigenvalue weighted by Crippen LogP contribution is -1.58. The van der Waals surface area contributed by atoms with Crippen molar-refractivity contribution in [1.29, 1.82) is 0 Å². The highest BCUT2D eigenvalue weighted by molar-refractivity contribution is 5.24. The van der Waals surface area contributed by atoms with Crippen LogP contribution >= 0.6 is 0 Å². The zero-order valence-electron chi connectivity index (χ0n) is 4.55. The quantitative estimate of drug-likeness (QED) is 0.522. The van der Waals surface area contributed by atoms with Gasteiger partial charge in [-0.25, -0.2) is 0 Å². The standard InChI is InChI=1S/C5H5N3/c1-6-2-5-3-7-8-4-5/h3-4H,1H3/p+1. The molecule has 1 aromatic heterocycles. The first-order valence-corrected chi connectivity index (χ1v) is 2.27. The summed E-state index contributed by atoms with van der Waals surface area (Å²) >= 11 is 0. The minimum atomic E-state index is 0.882. The number of aromatic nitrogens is 2. The maximum absolute atomic E-state index is 3.69. The van der Waals surface area contributed by atoms with Crippen molar-refractivity contribution in [3.8, 4) is 6.07 Å². The topological polar surface area (TPSA) is 33.0 Å². The highest BCUT2D eigenvalue weighted by Crippen LogP contribution is 1.87. The van der Waals surface area contributed by atoms with Gasteiger partial charge in [0.25, 0.3) is 7.05 Å². The molecule has 0 spiro atoms. The van der Waals surface area contributed by atoms with Gasteiger partial charge in [-0.1, -0.05) is 4.85 Å². The molecule has 0 fully saturated rings. The van der Waals surface area contributed by atoms with Gasteiger partial charge in [0.15, 0.2) is 0 Å². The monoisotopic (exact) mass is 108 g/mol. The van der Waals surface area contributed by atoms with Crippen molar-refractivity contribution in [3.05, 3.63) is 22.8 Å². The van der Waals surface area contributed by atoms with Crippen molar-refractivity contribution >= 4 is 0 Å². The minimum Gasteiger partial charge on any atom is -0.284 e. The van der Waals surface area contributed by atoms with Gasteiger partial charge in [-0.2, -0.15) is 5.10 Å². The van der Waals surface area contributed by atoms with Gasteiger partial charge in [-0.3, -0.25) is 5.10 Å². The van der Waals surface area contributed by atoms with Crippen LogP contribution < -0.4 is 0 Å². The van der Waals surface area contributed by atoms with Crippen molar-refractivity contribution in [2.24, 2.45) is 0 Å². The first-order valence-electron chi connectivity index (χ1n) is 2.27. The van der Waals surface area contributed by atoms with E-state index in [9.17, 15) is 0 Å². The molecular formula is C5H6N3+. The molecule has 0 amide bonds. The van der Waals surface area contributed by atoms with Crippen molar-refractivity contribution in [3.63, 3.8) is 0 Å². The Kier molecular flexibility index (Phi) is 1.29. The van der Waals surface area contributed by atoms with Crippen molar-refractivity contribution in [1.82, 2.24) is 10.2 Å². The molecule has 1 heterocycles. The Labute approximate surface area is 47.2 Å². The molecule has 0 aliphatic rings. The van der Waals surface area contributed by atoms with Crippen molar-refractivity contribution < 1.29 is 0 Å². The Morgan fingerprint density at radius 2 is 2.75 bits per heavy atom. The van der Waals surface area contributed by atoms with Crippen LogP contribution in [0.25, 0.3) is 4.85 Å². The van der Waals surface area contributed by atoms with Gasteiger partial charge in [0.05, 0.1) is 6.20 Å². The average Bonchev–Trinajstić information content (AvgIpc) is 2.19. The highest BCUT2D eigenvalue weighted by Gasteiger charge is 1.90. The number of aromatic amines is 1. The molecule has 40 valence electrons. The molecule has 0 aliphatic heterocycles. The molecular weight excluding hydrogens is 102 g/mol. The van der Waals surface area contributed by atoms with E-state index < -0.39 is 0 Å². The summed E-state index contributed by atoms with van der Waals surface area (Å²) in [4.78, 5) is 3.67. The first-order chi connectivity index (χ1) is 3.93. The van der Waals surface area contributed by atoms with E-state index in [1.165, 1.54) is 0 Å². The number of hydrogen-bond donors (Lipinski definition) is 1. The van der Waals surface area contributed by atoms with E-state index in [-0.39, 0.29) is 0 Å². The number of hydrogen-bond acceptors (Lipinski definition) is 1. The van der Waals surface area contributed by atoms with Gasteiger partial charge in [-0.15, -0.1) is 0 Å². The lowest BCUT2D eigenvalue weighted by atomic mass is 10.4. The number of H-pyrrole nitrogens is 1. The third-order valence-corrected chi connectivity index (χ3v) is 0.739. The van der Waals surface area contributed by atoms with E-state index in [0.717, 1.165) is 5.56 Å². The maximum atomic E-state index is 3.69. The molecule has 1 aromatic rings.